The number of anilines is 1. The lowest BCUT2D eigenvalue weighted by Crippen LogP contribution is -2.47. The van der Waals surface area contributed by atoms with Gasteiger partial charge in [0.2, 0.25) is 17.7 Å². The Kier molecular flexibility index (Phi) is 11.4. The van der Waals surface area contributed by atoms with E-state index in [4.69, 9.17) is 16.3 Å². The zero-order valence-corrected chi connectivity index (χ0v) is 32.0. The standard InChI is InChI=1S/C41H44ClF3N6O5/c1-49-22-31(29-7-12-46-21-30(29)40(49)55)26-18-34(42)32(36(19-26)56-2)23-50-13-8-24(9-14-50)17-38(53)51-15-10-25(11-16-51)28-4-3-27(20-33(28)41(43,44)45)47-35-5-6-37(52)48-39(35)54/h3-4,7,12,18-22,24-25,35,47H,5-6,8-11,13-17,23H2,1-2H3,(H,48,52,54). The smallest absolute Gasteiger partial charge is 0.416 e. The normalized spacial score (nSPS) is 19.0. The maximum absolute atomic E-state index is 14.3. The second kappa shape index (κ2) is 16.3. The van der Waals surface area contributed by atoms with Crippen molar-refractivity contribution in [3.63, 3.8) is 0 Å². The number of alkyl halides is 3. The van der Waals surface area contributed by atoms with E-state index in [1.54, 1.807) is 43.7 Å². The molecular formula is C41H44ClF3N6O5. The van der Waals surface area contributed by atoms with Gasteiger partial charge in [-0.05, 0) is 104 Å². The largest absolute Gasteiger partial charge is 0.496 e. The number of piperidine rings is 3. The summed E-state index contributed by atoms with van der Waals surface area (Å²) in [5.41, 5.74) is 1.99. The molecule has 296 valence electrons. The summed E-state index contributed by atoms with van der Waals surface area (Å²) in [6.45, 7) is 2.89. The molecule has 0 saturated carbocycles. The number of ether oxygens (including phenoxy) is 1. The summed E-state index contributed by atoms with van der Waals surface area (Å²) in [5.74, 6) is -0.439. The molecule has 3 aliphatic heterocycles. The zero-order chi connectivity index (χ0) is 39.7. The number of hydrogen-bond donors (Lipinski definition) is 2. The van der Waals surface area contributed by atoms with Crippen LogP contribution >= 0.6 is 11.6 Å². The maximum atomic E-state index is 14.3. The Morgan fingerprint density at radius 3 is 2.45 bits per heavy atom. The van der Waals surface area contributed by atoms with Crippen molar-refractivity contribution in [1.29, 1.82) is 0 Å². The molecule has 0 spiro atoms. The Morgan fingerprint density at radius 2 is 1.75 bits per heavy atom. The summed E-state index contributed by atoms with van der Waals surface area (Å²) in [4.78, 5) is 57.9. The van der Waals surface area contributed by atoms with Crippen LogP contribution in [0.5, 0.6) is 5.75 Å². The van der Waals surface area contributed by atoms with Crippen LogP contribution in [0.1, 0.15) is 67.6 Å². The third kappa shape index (κ3) is 8.41. The first-order valence-corrected chi connectivity index (χ1v) is 19.3. The van der Waals surface area contributed by atoms with Gasteiger partial charge in [0, 0.05) is 80.0 Å². The lowest BCUT2D eigenvalue weighted by atomic mass is 9.85. The Labute approximate surface area is 327 Å². The van der Waals surface area contributed by atoms with Gasteiger partial charge in [-0.3, -0.25) is 34.4 Å². The van der Waals surface area contributed by atoms with E-state index in [-0.39, 0.29) is 47.4 Å². The van der Waals surface area contributed by atoms with Gasteiger partial charge < -0.3 is 19.5 Å². The minimum atomic E-state index is -4.60. The van der Waals surface area contributed by atoms with Crippen LogP contribution in [0.3, 0.4) is 0 Å². The molecule has 7 rings (SSSR count). The van der Waals surface area contributed by atoms with Crippen molar-refractivity contribution in [1.82, 2.24) is 24.7 Å². The zero-order valence-electron chi connectivity index (χ0n) is 31.3. The molecule has 0 radical (unpaired) electrons. The first-order valence-electron chi connectivity index (χ1n) is 18.9. The molecule has 11 nitrogen and oxygen atoms in total. The van der Waals surface area contributed by atoms with Gasteiger partial charge >= 0.3 is 6.18 Å². The maximum Gasteiger partial charge on any atom is 0.416 e. The van der Waals surface area contributed by atoms with Gasteiger partial charge in [-0.2, -0.15) is 13.2 Å². The molecule has 3 fully saturated rings. The highest BCUT2D eigenvalue weighted by Crippen LogP contribution is 2.41. The predicted octanol–water partition coefficient (Wildman–Crippen LogP) is 6.51. The van der Waals surface area contributed by atoms with Crippen molar-refractivity contribution in [2.45, 2.75) is 69.6 Å². The van der Waals surface area contributed by atoms with Crippen molar-refractivity contribution >= 4 is 45.8 Å². The van der Waals surface area contributed by atoms with E-state index < -0.39 is 29.6 Å². The number of pyridine rings is 2. The van der Waals surface area contributed by atoms with E-state index in [9.17, 15) is 32.3 Å². The first kappa shape index (κ1) is 39.3. The molecule has 3 saturated heterocycles. The minimum Gasteiger partial charge on any atom is -0.496 e. The second-order valence-electron chi connectivity index (χ2n) is 15.0. The van der Waals surface area contributed by atoms with E-state index in [1.165, 1.54) is 10.6 Å². The number of carbonyl (C=O) groups excluding carboxylic acids is 3. The number of imide groups is 1. The minimum absolute atomic E-state index is 0.0313. The molecule has 5 heterocycles. The van der Waals surface area contributed by atoms with Crippen LogP contribution in [0.2, 0.25) is 5.02 Å². The van der Waals surface area contributed by atoms with Crippen molar-refractivity contribution in [3.05, 3.63) is 87.1 Å². The number of fused-ring (bicyclic) bond motifs is 1. The number of halogens is 4. The molecule has 4 aromatic rings. The lowest BCUT2D eigenvalue weighted by Gasteiger charge is -2.36. The molecule has 56 heavy (non-hydrogen) atoms. The first-order chi connectivity index (χ1) is 26.8. The number of nitrogens with zero attached hydrogens (tertiary/aromatic N) is 4. The lowest BCUT2D eigenvalue weighted by molar-refractivity contribution is -0.139. The SMILES string of the molecule is COc1cc(-c2cn(C)c(=O)c3cnccc23)cc(Cl)c1CN1CCC(CC(=O)N2CCC(c3ccc(NC4CCC(=O)NC4=O)cc3C(F)(F)F)CC2)CC1. The molecule has 0 aliphatic carbocycles. The van der Waals surface area contributed by atoms with E-state index in [1.807, 2.05) is 18.2 Å². The third-order valence-electron chi connectivity index (χ3n) is 11.4. The number of aromatic nitrogens is 2. The fourth-order valence-electron chi connectivity index (χ4n) is 8.31. The van der Waals surface area contributed by atoms with E-state index in [0.29, 0.717) is 55.1 Å². The average molecular weight is 793 g/mol. The van der Waals surface area contributed by atoms with Gasteiger partial charge in [0.05, 0.1) is 18.1 Å². The number of nitrogens with one attached hydrogen (secondary N) is 2. The average Bonchev–Trinajstić information content (AvgIpc) is 3.18. The van der Waals surface area contributed by atoms with Crippen molar-refractivity contribution in [3.8, 4) is 16.9 Å². The number of aryl methyl sites for hydroxylation is 1. The highest BCUT2D eigenvalue weighted by Gasteiger charge is 2.38. The Bertz CT molecular complexity index is 2210. The molecule has 3 aliphatic rings. The molecule has 0 bridgehead atoms. The molecule has 2 N–H and O–H groups in total. The molecule has 2 aromatic heterocycles. The van der Waals surface area contributed by atoms with Crippen LogP contribution in [0.25, 0.3) is 21.9 Å². The molecule has 1 unspecified atom stereocenters. The molecule has 1 atom stereocenters. The Hall–Kier alpha value is -4.95. The number of rotatable bonds is 9. The number of methoxy groups -OCH3 is 1. The molecule has 15 heteroatoms. The number of carbonyl (C=O) groups is 3. The summed E-state index contributed by atoms with van der Waals surface area (Å²) in [6.07, 6.45) is 3.63. The summed E-state index contributed by atoms with van der Waals surface area (Å²) < 4.78 is 50.2. The predicted molar refractivity (Wildman–Crippen MR) is 206 cm³/mol. The van der Waals surface area contributed by atoms with Gasteiger partial charge in [0.1, 0.15) is 11.8 Å². The van der Waals surface area contributed by atoms with E-state index in [0.717, 1.165) is 54.1 Å². The Morgan fingerprint density at radius 1 is 1.00 bits per heavy atom. The number of amides is 3. The van der Waals surface area contributed by atoms with Gasteiger partial charge in [-0.1, -0.05) is 17.7 Å². The number of likely N-dealkylation sites (tertiary alicyclic amines) is 2. The Balaban J connectivity index is 0.929. The van der Waals surface area contributed by atoms with Crippen molar-refractivity contribution in [2.75, 3.05) is 38.6 Å². The third-order valence-corrected chi connectivity index (χ3v) is 11.8. The molecule has 3 amide bonds. The summed E-state index contributed by atoms with van der Waals surface area (Å²) in [7, 11) is 3.31. The van der Waals surface area contributed by atoms with Crippen LogP contribution < -0.4 is 20.9 Å². The molecule has 2 aromatic carbocycles. The summed E-state index contributed by atoms with van der Waals surface area (Å²) in [6, 6.07) is 8.92. The van der Waals surface area contributed by atoms with Crippen LogP contribution in [0.15, 0.2) is 59.8 Å². The van der Waals surface area contributed by atoms with E-state index in [2.05, 4.69) is 20.5 Å². The fraction of sp³-hybridized carbons (Fsp3) is 0.439. The second-order valence-corrected chi connectivity index (χ2v) is 15.5. The van der Waals surface area contributed by atoms with Crippen LogP contribution in [-0.4, -0.2) is 76.4 Å². The van der Waals surface area contributed by atoms with Crippen molar-refractivity contribution < 1.29 is 32.3 Å². The van der Waals surface area contributed by atoms with Crippen LogP contribution in [0.4, 0.5) is 18.9 Å². The number of hydrogen-bond acceptors (Lipinski definition) is 8. The van der Waals surface area contributed by atoms with Crippen LogP contribution in [-0.2, 0) is 34.2 Å². The van der Waals surface area contributed by atoms with Gasteiger partial charge in [0.15, 0.2) is 0 Å². The van der Waals surface area contributed by atoms with Gasteiger partial charge in [-0.25, -0.2) is 0 Å². The highest BCUT2D eigenvalue weighted by molar-refractivity contribution is 6.32. The van der Waals surface area contributed by atoms with E-state index >= 15 is 0 Å². The number of benzene rings is 2. The summed E-state index contributed by atoms with van der Waals surface area (Å²) >= 11 is 6.90. The quantitative estimate of drug-likeness (QED) is 0.184. The van der Waals surface area contributed by atoms with Gasteiger partial charge in [0.25, 0.3) is 5.56 Å². The summed E-state index contributed by atoms with van der Waals surface area (Å²) in [5, 5.41) is 6.91. The van der Waals surface area contributed by atoms with Crippen molar-refractivity contribution in [2.24, 2.45) is 13.0 Å². The monoisotopic (exact) mass is 792 g/mol. The topological polar surface area (TPSA) is 126 Å². The highest BCUT2D eigenvalue weighted by atomic mass is 35.5. The molecular weight excluding hydrogens is 749 g/mol. The van der Waals surface area contributed by atoms with Gasteiger partial charge in [-0.15, -0.1) is 0 Å². The van der Waals surface area contributed by atoms with Crippen LogP contribution in [0, 0.1) is 5.92 Å². The fourth-order valence-corrected chi connectivity index (χ4v) is 8.58.